The highest BCUT2D eigenvalue weighted by Gasteiger charge is 2.24. The van der Waals surface area contributed by atoms with Gasteiger partial charge in [-0.15, -0.1) is 0 Å². The number of nitrogens with zero attached hydrogens (tertiary/aromatic N) is 4. The van der Waals surface area contributed by atoms with Crippen LogP contribution in [0.5, 0.6) is 0 Å². The van der Waals surface area contributed by atoms with E-state index in [1.54, 1.807) is 12.3 Å². The highest BCUT2D eigenvalue weighted by Crippen LogP contribution is 2.20. The van der Waals surface area contributed by atoms with Crippen molar-refractivity contribution >= 4 is 17.9 Å². The molecule has 1 aromatic rings. The first-order valence-corrected chi connectivity index (χ1v) is 7.69. The summed E-state index contributed by atoms with van der Waals surface area (Å²) in [5, 5.41) is 0. The molecule has 0 spiro atoms. The zero-order chi connectivity index (χ0) is 16.1. The summed E-state index contributed by atoms with van der Waals surface area (Å²) in [6.07, 6.45) is 5.32. The third kappa shape index (κ3) is 3.53. The van der Waals surface area contributed by atoms with Gasteiger partial charge in [0.05, 0.1) is 0 Å². The number of aryl methyl sites for hydroxylation is 2. The molecule has 1 aliphatic rings. The Balaban J connectivity index is 2.02. The van der Waals surface area contributed by atoms with Gasteiger partial charge >= 0.3 is 0 Å². The Morgan fingerprint density at radius 1 is 1.23 bits per heavy atom. The van der Waals surface area contributed by atoms with Crippen LogP contribution in [0.4, 0.5) is 5.82 Å². The number of aliphatic imine (C=N–C) groups is 1. The molecule has 0 aliphatic carbocycles. The van der Waals surface area contributed by atoms with Crippen molar-refractivity contribution < 1.29 is 4.79 Å². The average Bonchev–Trinajstić information content (AvgIpc) is 2.52. The summed E-state index contributed by atoms with van der Waals surface area (Å²) in [6, 6.07) is 2.15. The summed E-state index contributed by atoms with van der Waals surface area (Å²) in [7, 11) is 0. The van der Waals surface area contributed by atoms with Crippen LogP contribution < -0.4 is 4.90 Å². The second-order valence-corrected chi connectivity index (χ2v) is 5.49. The van der Waals surface area contributed by atoms with E-state index in [9.17, 15) is 4.79 Å². The Labute approximate surface area is 132 Å². The summed E-state index contributed by atoms with van der Waals surface area (Å²) in [4.78, 5) is 25.2. The van der Waals surface area contributed by atoms with Crippen LogP contribution >= 0.6 is 0 Å². The van der Waals surface area contributed by atoms with Crippen molar-refractivity contribution in [1.29, 1.82) is 0 Å². The van der Waals surface area contributed by atoms with Crippen LogP contribution in [0, 0.1) is 13.8 Å². The predicted octanol–water partition coefficient (Wildman–Crippen LogP) is 2.34. The van der Waals surface area contributed by atoms with Crippen LogP contribution in [0.3, 0.4) is 0 Å². The minimum atomic E-state index is 0.00818. The van der Waals surface area contributed by atoms with E-state index < -0.39 is 0 Å². The average molecular weight is 300 g/mol. The minimum absolute atomic E-state index is 0.00818. The lowest BCUT2D eigenvalue weighted by Crippen LogP contribution is -2.49. The van der Waals surface area contributed by atoms with Crippen molar-refractivity contribution in [2.24, 2.45) is 4.99 Å². The number of aromatic nitrogens is 1. The van der Waals surface area contributed by atoms with Crippen LogP contribution in [-0.4, -0.2) is 48.2 Å². The van der Waals surface area contributed by atoms with Crippen molar-refractivity contribution in [3.63, 3.8) is 0 Å². The molecule has 2 rings (SSSR count). The summed E-state index contributed by atoms with van der Waals surface area (Å²) < 4.78 is 0. The number of carbonyl (C=O) groups is 1. The number of allylic oxidation sites excluding steroid dienone is 1. The summed E-state index contributed by atoms with van der Waals surface area (Å²) in [6.45, 7) is 10.8. The maximum atomic E-state index is 12.4. The van der Waals surface area contributed by atoms with E-state index in [2.05, 4.69) is 27.9 Å². The number of anilines is 1. The van der Waals surface area contributed by atoms with Crippen molar-refractivity contribution in [3.8, 4) is 0 Å². The lowest BCUT2D eigenvalue weighted by Gasteiger charge is -2.36. The molecule has 2 heterocycles. The Kier molecular flexibility index (Phi) is 5.31. The molecule has 0 aromatic carbocycles. The normalized spacial score (nSPS) is 16.5. The van der Waals surface area contributed by atoms with E-state index in [1.807, 2.05) is 31.9 Å². The molecule has 5 heteroatoms. The number of carbonyl (C=O) groups excluding carboxylic acids is 1. The monoisotopic (exact) mass is 300 g/mol. The number of hydrogen-bond acceptors (Lipinski definition) is 4. The molecule has 5 nitrogen and oxygen atoms in total. The van der Waals surface area contributed by atoms with Crippen molar-refractivity contribution in [1.82, 2.24) is 9.88 Å². The molecule has 1 saturated heterocycles. The van der Waals surface area contributed by atoms with Crippen LogP contribution in [0.25, 0.3) is 0 Å². The maximum absolute atomic E-state index is 12.4. The molecular weight excluding hydrogens is 276 g/mol. The Hall–Kier alpha value is -2.17. The highest BCUT2D eigenvalue weighted by molar-refractivity contribution is 5.94. The van der Waals surface area contributed by atoms with Crippen molar-refractivity contribution in [2.75, 3.05) is 31.1 Å². The number of piperazine rings is 1. The number of hydrogen-bond donors (Lipinski definition) is 0. The largest absolute Gasteiger partial charge is 0.353 e. The molecule has 0 radical (unpaired) electrons. The zero-order valence-corrected chi connectivity index (χ0v) is 13.8. The summed E-state index contributed by atoms with van der Waals surface area (Å²) in [5.41, 5.74) is 2.87. The number of amides is 1. The second kappa shape index (κ2) is 7.20. The maximum Gasteiger partial charge on any atom is 0.272 e. The third-order valence-electron chi connectivity index (χ3n) is 3.81. The van der Waals surface area contributed by atoms with E-state index in [-0.39, 0.29) is 5.91 Å². The molecule has 0 saturated carbocycles. The molecular formula is C17H24N4O. The Morgan fingerprint density at radius 2 is 1.91 bits per heavy atom. The topological polar surface area (TPSA) is 48.8 Å². The lowest BCUT2D eigenvalue weighted by molar-refractivity contribution is -0.127. The van der Waals surface area contributed by atoms with Gasteiger partial charge in [-0.1, -0.05) is 12.1 Å². The van der Waals surface area contributed by atoms with E-state index in [0.29, 0.717) is 18.8 Å². The molecule has 1 aliphatic heterocycles. The molecule has 0 bridgehead atoms. The van der Waals surface area contributed by atoms with Gasteiger partial charge in [0.15, 0.2) is 0 Å². The predicted molar refractivity (Wildman–Crippen MR) is 90.4 cm³/mol. The summed E-state index contributed by atoms with van der Waals surface area (Å²) >= 11 is 0. The molecule has 1 amide bonds. The van der Waals surface area contributed by atoms with E-state index in [1.165, 1.54) is 11.1 Å². The van der Waals surface area contributed by atoms with Crippen LogP contribution in [0.15, 0.2) is 29.0 Å². The second-order valence-electron chi connectivity index (χ2n) is 5.49. The van der Waals surface area contributed by atoms with Crippen LogP contribution in [0.2, 0.25) is 0 Å². The van der Waals surface area contributed by atoms with Gasteiger partial charge in [-0.3, -0.25) is 9.79 Å². The zero-order valence-electron chi connectivity index (χ0n) is 13.8. The fourth-order valence-electron chi connectivity index (χ4n) is 2.71. The quantitative estimate of drug-likeness (QED) is 0.636. The third-order valence-corrected chi connectivity index (χ3v) is 3.81. The summed E-state index contributed by atoms with van der Waals surface area (Å²) in [5.74, 6) is 1.03. The van der Waals surface area contributed by atoms with Gasteiger partial charge in [-0.25, -0.2) is 4.98 Å². The van der Waals surface area contributed by atoms with Crippen LogP contribution in [-0.2, 0) is 4.79 Å². The fourth-order valence-corrected chi connectivity index (χ4v) is 2.71. The van der Waals surface area contributed by atoms with Gasteiger partial charge in [0.1, 0.15) is 11.5 Å². The first-order chi connectivity index (χ1) is 10.6. The standard InChI is InChI=1S/C17H24N4O/c1-5-15(18-6-2)17(22)21-9-7-20(8-10-21)16-14(4)11-13(3)12-19-16/h5-6,11-12H,7-10H2,1-4H3/b15-5-,18-6?. The molecule has 0 unspecified atom stereocenters. The van der Waals surface area contributed by atoms with Gasteiger partial charge in [-0.05, 0) is 38.8 Å². The molecule has 0 atom stereocenters. The molecule has 1 fully saturated rings. The van der Waals surface area contributed by atoms with Crippen LogP contribution in [0.1, 0.15) is 25.0 Å². The molecule has 118 valence electrons. The Bertz CT molecular complexity index is 599. The Morgan fingerprint density at radius 3 is 2.45 bits per heavy atom. The van der Waals surface area contributed by atoms with Gasteiger partial charge in [0.2, 0.25) is 0 Å². The SMILES string of the molecule is CC=N/C(=C\C)C(=O)N1CCN(c2ncc(C)cc2C)CC1. The smallest absolute Gasteiger partial charge is 0.272 e. The molecule has 0 N–H and O–H groups in total. The van der Waals surface area contributed by atoms with Gasteiger partial charge in [-0.2, -0.15) is 0 Å². The number of rotatable bonds is 3. The van der Waals surface area contributed by atoms with Crippen molar-refractivity contribution in [2.45, 2.75) is 27.7 Å². The van der Waals surface area contributed by atoms with E-state index >= 15 is 0 Å². The van der Waals surface area contributed by atoms with Gasteiger partial charge < -0.3 is 9.80 Å². The van der Waals surface area contributed by atoms with Gasteiger partial charge in [0, 0.05) is 38.6 Å². The number of pyridine rings is 1. The van der Waals surface area contributed by atoms with E-state index in [0.717, 1.165) is 18.9 Å². The van der Waals surface area contributed by atoms with Crippen molar-refractivity contribution in [3.05, 3.63) is 35.2 Å². The minimum Gasteiger partial charge on any atom is -0.353 e. The molecule has 22 heavy (non-hydrogen) atoms. The molecule has 1 aromatic heterocycles. The highest BCUT2D eigenvalue weighted by atomic mass is 16.2. The fraction of sp³-hybridized carbons (Fsp3) is 0.471. The van der Waals surface area contributed by atoms with Gasteiger partial charge in [0.25, 0.3) is 5.91 Å². The first kappa shape index (κ1) is 16.2. The van der Waals surface area contributed by atoms with E-state index in [4.69, 9.17) is 0 Å². The lowest BCUT2D eigenvalue weighted by atomic mass is 10.2. The first-order valence-electron chi connectivity index (χ1n) is 7.69.